The first kappa shape index (κ1) is 17.1. The standard InChI is InChI=1S/C21H20N4O2S/c1-12-9-15(13(2)23-12)20-19(16-5-3-4-8-22-16)24-21(28)25(20)14-6-7-17-18(10-14)27-11-26-17/h3-10,19-20,23H,11H2,1-2H3,(H,24,28)/t19-,20+/m1/s1. The zero-order valence-electron chi connectivity index (χ0n) is 15.6. The fourth-order valence-electron chi connectivity index (χ4n) is 4.04. The van der Waals surface area contributed by atoms with Crippen molar-refractivity contribution in [3.8, 4) is 11.5 Å². The van der Waals surface area contributed by atoms with E-state index in [2.05, 4.69) is 40.1 Å². The molecule has 6 nitrogen and oxygen atoms in total. The first-order chi connectivity index (χ1) is 13.6. The van der Waals surface area contributed by atoms with E-state index >= 15 is 0 Å². The van der Waals surface area contributed by atoms with Crippen LogP contribution in [0.5, 0.6) is 11.5 Å². The predicted octanol–water partition coefficient (Wildman–Crippen LogP) is 3.93. The normalized spacial score (nSPS) is 20.5. The Morgan fingerprint density at radius 3 is 2.71 bits per heavy atom. The Bertz CT molecular complexity index is 1050. The molecule has 2 aromatic heterocycles. The summed E-state index contributed by atoms with van der Waals surface area (Å²) in [7, 11) is 0. The number of nitrogens with zero attached hydrogens (tertiary/aromatic N) is 2. The molecular weight excluding hydrogens is 372 g/mol. The lowest BCUT2D eigenvalue weighted by Gasteiger charge is -2.28. The highest BCUT2D eigenvalue weighted by Crippen LogP contribution is 2.45. The molecule has 28 heavy (non-hydrogen) atoms. The van der Waals surface area contributed by atoms with E-state index in [9.17, 15) is 0 Å². The number of benzene rings is 1. The monoisotopic (exact) mass is 392 g/mol. The van der Waals surface area contributed by atoms with Gasteiger partial charge in [-0.2, -0.15) is 0 Å². The van der Waals surface area contributed by atoms with E-state index in [1.165, 1.54) is 5.56 Å². The average Bonchev–Trinajstić information content (AvgIpc) is 3.38. The molecule has 0 amide bonds. The van der Waals surface area contributed by atoms with Gasteiger partial charge in [0.15, 0.2) is 16.6 Å². The Hall–Kier alpha value is -3.06. The van der Waals surface area contributed by atoms with E-state index in [-0.39, 0.29) is 18.9 Å². The maximum Gasteiger partial charge on any atom is 0.231 e. The van der Waals surface area contributed by atoms with E-state index in [0.29, 0.717) is 5.11 Å². The highest BCUT2D eigenvalue weighted by molar-refractivity contribution is 7.80. The highest BCUT2D eigenvalue weighted by atomic mass is 32.1. The first-order valence-corrected chi connectivity index (χ1v) is 9.59. The van der Waals surface area contributed by atoms with Crippen molar-refractivity contribution in [2.24, 2.45) is 0 Å². The van der Waals surface area contributed by atoms with Gasteiger partial charge in [0.1, 0.15) is 0 Å². The van der Waals surface area contributed by atoms with Gasteiger partial charge in [0.25, 0.3) is 0 Å². The second-order valence-corrected chi connectivity index (χ2v) is 7.45. The minimum atomic E-state index is -0.0620. The summed E-state index contributed by atoms with van der Waals surface area (Å²) < 4.78 is 11.0. The average molecular weight is 392 g/mol. The Balaban J connectivity index is 1.64. The van der Waals surface area contributed by atoms with Crippen molar-refractivity contribution < 1.29 is 9.47 Å². The molecule has 1 fully saturated rings. The molecule has 0 saturated carbocycles. The number of fused-ring (bicyclic) bond motifs is 1. The van der Waals surface area contributed by atoms with Gasteiger partial charge in [-0.25, -0.2) is 0 Å². The second-order valence-electron chi connectivity index (χ2n) is 7.07. The van der Waals surface area contributed by atoms with E-state index in [1.807, 2.05) is 42.6 Å². The number of aromatic nitrogens is 2. The number of rotatable bonds is 3. The van der Waals surface area contributed by atoms with Gasteiger partial charge < -0.3 is 24.7 Å². The Morgan fingerprint density at radius 1 is 1.11 bits per heavy atom. The molecule has 1 aromatic carbocycles. The van der Waals surface area contributed by atoms with Crippen molar-refractivity contribution in [3.05, 3.63) is 71.3 Å². The highest BCUT2D eigenvalue weighted by Gasteiger charge is 2.42. The van der Waals surface area contributed by atoms with Crippen molar-refractivity contribution in [1.82, 2.24) is 15.3 Å². The van der Waals surface area contributed by atoms with Gasteiger partial charge in [-0.3, -0.25) is 4.98 Å². The smallest absolute Gasteiger partial charge is 0.231 e. The van der Waals surface area contributed by atoms with Gasteiger partial charge in [-0.05, 0) is 62.0 Å². The Labute approximate surface area is 168 Å². The Kier molecular flexibility index (Phi) is 3.98. The van der Waals surface area contributed by atoms with Crippen LogP contribution in [-0.2, 0) is 0 Å². The zero-order chi connectivity index (χ0) is 19.3. The van der Waals surface area contributed by atoms with Crippen LogP contribution in [0.2, 0.25) is 0 Å². The van der Waals surface area contributed by atoms with Crippen molar-refractivity contribution in [2.45, 2.75) is 25.9 Å². The van der Waals surface area contributed by atoms with Crippen LogP contribution < -0.4 is 19.7 Å². The molecule has 0 aliphatic carbocycles. The van der Waals surface area contributed by atoms with Crippen LogP contribution in [0.4, 0.5) is 5.69 Å². The summed E-state index contributed by atoms with van der Waals surface area (Å²) in [6.45, 7) is 4.41. The number of aryl methyl sites for hydroxylation is 2. The van der Waals surface area contributed by atoms with Gasteiger partial charge in [0.05, 0.1) is 17.8 Å². The molecule has 0 spiro atoms. The number of nitrogens with one attached hydrogen (secondary N) is 2. The minimum absolute atomic E-state index is 0.0345. The number of hydrogen-bond donors (Lipinski definition) is 2. The van der Waals surface area contributed by atoms with Crippen LogP contribution in [0.3, 0.4) is 0 Å². The maximum atomic E-state index is 5.76. The minimum Gasteiger partial charge on any atom is -0.454 e. The number of aromatic amines is 1. The number of thiocarbonyl (C=S) groups is 1. The topological polar surface area (TPSA) is 62.4 Å². The fourth-order valence-corrected chi connectivity index (χ4v) is 4.38. The molecule has 2 atom stereocenters. The van der Waals surface area contributed by atoms with Crippen molar-refractivity contribution >= 4 is 23.0 Å². The first-order valence-electron chi connectivity index (χ1n) is 9.18. The van der Waals surface area contributed by atoms with E-state index in [4.69, 9.17) is 21.7 Å². The third-order valence-electron chi connectivity index (χ3n) is 5.24. The molecule has 1 saturated heterocycles. The van der Waals surface area contributed by atoms with Crippen LogP contribution in [0.25, 0.3) is 0 Å². The summed E-state index contributed by atoms with van der Waals surface area (Å²) in [5.74, 6) is 1.50. The summed E-state index contributed by atoms with van der Waals surface area (Å²) in [5.41, 5.74) is 5.36. The van der Waals surface area contributed by atoms with E-state index < -0.39 is 0 Å². The predicted molar refractivity (Wildman–Crippen MR) is 111 cm³/mol. The molecule has 0 bridgehead atoms. The summed E-state index contributed by atoms with van der Waals surface area (Å²) in [5, 5.41) is 4.15. The maximum absolute atomic E-state index is 5.76. The molecule has 142 valence electrons. The van der Waals surface area contributed by atoms with Crippen molar-refractivity contribution in [2.75, 3.05) is 11.7 Å². The zero-order valence-corrected chi connectivity index (χ0v) is 16.4. The third kappa shape index (κ3) is 2.70. The molecule has 3 aromatic rings. The number of H-pyrrole nitrogens is 1. The summed E-state index contributed by atoms with van der Waals surface area (Å²) in [4.78, 5) is 10.2. The summed E-state index contributed by atoms with van der Waals surface area (Å²) >= 11 is 5.76. The number of pyridine rings is 1. The van der Waals surface area contributed by atoms with E-state index in [0.717, 1.165) is 34.3 Å². The largest absolute Gasteiger partial charge is 0.454 e. The van der Waals surface area contributed by atoms with Crippen LogP contribution >= 0.6 is 12.2 Å². The molecule has 5 rings (SSSR count). The Morgan fingerprint density at radius 2 is 1.96 bits per heavy atom. The number of hydrogen-bond acceptors (Lipinski definition) is 4. The lowest BCUT2D eigenvalue weighted by atomic mass is 9.96. The van der Waals surface area contributed by atoms with Crippen LogP contribution in [-0.4, -0.2) is 21.9 Å². The third-order valence-corrected chi connectivity index (χ3v) is 5.56. The van der Waals surface area contributed by atoms with Gasteiger partial charge in [-0.1, -0.05) is 6.07 Å². The van der Waals surface area contributed by atoms with Crippen molar-refractivity contribution in [3.63, 3.8) is 0 Å². The van der Waals surface area contributed by atoms with Crippen molar-refractivity contribution in [1.29, 1.82) is 0 Å². The summed E-state index contributed by atoms with van der Waals surface area (Å²) in [6.07, 6.45) is 1.82. The van der Waals surface area contributed by atoms with Gasteiger partial charge >= 0.3 is 0 Å². The number of anilines is 1. The molecule has 2 aliphatic rings. The molecule has 0 radical (unpaired) electrons. The molecule has 0 unspecified atom stereocenters. The lowest BCUT2D eigenvalue weighted by Crippen LogP contribution is -2.29. The molecular formula is C21H20N4O2S. The van der Waals surface area contributed by atoms with Gasteiger partial charge in [0.2, 0.25) is 6.79 Å². The SMILES string of the molecule is Cc1cc([C@H]2[C@@H](c3ccccn3)NC(=S)N2c2ccc3c(c2)OCO3)c(C)[nH]1. The molecule has 2 N–H and O–H groups in total. The summed E-state index contributed by atoms with van der Waals surface area (Å²) in [6, 6.07) is 14.0. The van der Waals surface area contributed by atoms with Gasteiger partial charge in [-0.15, -0.1) is 0 Å². The molecule has 7 heteroatoms. The number of ether oxygens (including phenoxy) is 2. The van der Waals surface area contributed by atoms with E-state index in [1.54, 1.807) is 0 Å². The van der Waals surface area contributed by atoms with Crippen LogP contribution in [0, 0.1) is 13.8 Å². The molecule has 2 aliphatic heterocycles. The van der Waals surface area contributed by atoms with Crippen LogP contribution in [0.1, 0.15) is 34.7 Å². The van der Waals surface area contributed by atoms with Gasteiger partial charge in [0, 0.05) is 29.3 Å². The second kappa shape index (κ2) is 6.53. The molecule has 4 heterocycles. The van der Waals surface area contributed by atoms with Crippen LogP contribution in [0.15, 0.2) is 48.7 Å². The lowest BCUT2D eigenvalue weighted by molar-refractivity contribution is 0.174. The fraction of sp³-hybridized carbons (Fsp3) is 0.238. The quantitative estimate of drug-likeness (QED) is 0.659.